The van der Waals surface area contributed by atoms with Gasteiger partial charge in [0.05, 0.1) is 17.7 Å². The summed E-state index contributed by atoms with van der Waals surface area (Å²) in [5.41, 5.74) is 1.17. The molecule has 0 spiro atoms. The molecule has 0 aliphatic carbocycles. The number of ether oxygens (including phenoxy) is 1. The van der Waals surface area contributed by atoms with Gasteiger partial charge in [-0.3, -0.25) is 0 Å². The van der Waals surface area contributed by atoms with Crippen LogP contribution in [0.3, 0.4) is 0 Å². The number of aromatic nitrogens is 2. The van der Waals surface area contributed by atoms with Gasteiger partial charge >= 0.3 is 12.1 Å². The molecular formula is C21H19F3N2O3. The van der Waals surface area contributed by atoms with Crippen molar-refractivity contribution in [2.75, 3.05) is 6.61 Å². The van der Waals surface area contributed by atoms with Crippen LogP contribution >= 0.6 is 0 Å². The monoisotopic (exact) mass is 404 g/mol. The molecular weight excluding hydrogens is 385 g/mol. The maximum Gasteiger partial charge on any atom is 0.416 e. The minimum atomic E-state index is -4.44. The number of hydrogen-bond donors (Lipinski definition) is 1. The van der Waals surface area contributed by atoms with Gasteiger partial charge in [0.1, 0.15) is 11.4 Å². The first-order chi connectivity index (χ1) is 13.6. The Morgan fingerprint density at radius 3 is 2.69 bits per heavy atom. The standard InChI is InChI=1S/C21H19F3N2O3/c1-13(2)20(28)29-9-3-4-14-5-8-19(27)18(10-14)26-12-15-11-16(21(22,23)24)6-7-17(15)25-26/h5-8,10-12,27H,1,3-4,9H2,2H3. The van der Waals surface area contributed by atoms with Crippen LogP contribution in [0.2, 0.25) is 0 Å². The molecule has 3 aromatic rings. The van der Waals surface area contributed by atoms with Gasteiger partial charge in [0.15, 0.2) is 0 Å². The lowest BCUT2D eigenvalue weighted by molar-refractivity contribution is -0.139. The van der Waals surface area contributed by atoms with Crippen molar-refractivity contribution in [1.29, 1.82) is 0 Å². The number of fused-ring (bicyclic) bond motifs is 1. The van der Waals surface area contributed by atoms with E-state index in [2.05, 4.69) is 11.7 Å². The average molecular weight is 404 g/mol. The fraction of sp³-hybridized carbons (Fsp3) is 0.238. The number of benzene rings is 2. The molecule has 0 aliphatic heterocycles. The van der Waals surface area contributed by atoms with Gasteiger partial charge in [-0.05, 0) is 55.7 Å². The number of halogens is 3. The lowest BCUT2D eigenvalue weighted by atomic mass is 10.1. The molecule has 8 heteroatoms. The zero-order chi connectivity index (χ0) is 21.2. The van der Waals surface area contributed by atoms with Crippen LogP contribution in [0, 0.1) is 0 Å². The van der Waals surface area contributed by atoms with Crippen molar-refractivity contribution in [1.82, 2.24) is 9.78 Å². The van der Waals surface area contributed by atoms with E-state index in [4.69, 9.17) is 4.74 Å². The van der Waals surface area contributed by atoms with Crippen LogP contribution in [0.4, 0.5) is 13.2 Å². The van der Waals surface area contributed by atoms with Gasteiger partial charge in [-0.2, -0.15) is 18.3 Å². The minimum absolute atomic E-state index is 0.0497. The Balaban J connectivity index is 1.79. The van der Waals surface area contributed by atoms with Crippen LogP contribution in [0.1, 0.15) is 24.5 Å². The van der Waals surface area contributed by atoms with Crippen molar-refractivity contribution in [3.8, 4) is 11.4 Å². The van der Waals surface area contributed by atoms with Crippen molar-refractivity contribution in [2.45, 2.75) is 25.9 Å². The number of phenolic OH excluding ortho intramolecular Hbond substituents is 1. The van der Waals surface area contributed by atoms with E-state index in [1.807, 2.05) is 0 Å². The molecule has 0 unspecified atom stereocenters. The second kappa shape index (κ2) is 7.98. The molecule has 2 aromatic carbocycles. The van der Waals surface area contributed by atoms with E-state index in [-0.39, 0.29) is 12.4 Å². The van der Waals surface area contributed by atoms with E-state index < -0.39 is 17.7 Å². The number of phenols is 1. The predicted molar refractivity (Wildman–Crippen MR) is 102 cm³/mol. The number of esters is 1. The third-order valence-electron chi connectivity index (χ3n) is 4.31. The fourth-order valence-electron chi connectivity index (χ4n) is 2.80. The third kappa shape index (κ3) is 4.77. The second-order valence-electron chi connectivity index (χ2n) is 6.69. The molecule has 29 heavy (non-hydrogen) atoms. The maximum atomic E-state index is 12.9. The van der Waals surface area contributed by atoms with Crippen molar-refractivity contribution in [3.05, 3.63) is 65.9 Å². The number of aromatic hydroxyl groups is 1. The Hall–Kier alpha value is -3.29. The molecule has 0 amide bonds. The summed E-state index contributed by atoms with van der Waals surface area (Å²) in [7, 11) is 0. The molecule has 0 aliphatic rings. The number of alkyl halides is 3. The normalized spacial score (nSPS) is 11.6. The largest absolute Gasteiger partial charge is 0.506 e. The highest BCUT2D eigenvalue weighted by Crippen LogP contribution is 2.32. The van der Waals surface area contributed by atoms with E-state index in [1.54, 1.807) is 19.1 Å². The average Bonchev–Trinajstić information content (AvgIpc) is 3.08. The quantitative estimate of drug-likeness (QED) is 0.364. The highest BCUT2D eigenvalue weighted by molar-refractivity contribution is 5.86. The third-order valence-corrected chi connectivity index (χ3v) is 4.31. The van der Waals surface area contributed by atoms with Crippen LogP contribution in [-0.4, -0.2) is 27.5 Å². The molecule has 0 saturated heterocycles. The molecule has 0 fully saturated rings. The van der Waals surface area contributed by atoms with Gasteiger partial charge in [-0.25, -0.2) is 9.48 Å². The van der Waals surface area contributed by atoms with Crippen molar-refractivity contribution in [2.24, 2.45) is 0 Å². The van der Waals surface area contributed by atoms with Gasteiger partial charge in [0, 0.05) is 17.2 Å². The molecule has 1 aromatic heterocycles. The fourth-order valence-corrected chi connectivity index (χ4v) is 2.80. The minimum Gasteiger partial charge on any atom is -0.506 e. The SMILES string of the molecule is C=C(C)C(=O)OCCCc1ccc(O)c(-n2cc3cc(C(F)(F)F)ccc3n2)c1. The maximum absolute atomic E-state index is 12.9. The lowest BCUT2D eigenvalue weighted by Gasteiger charge is -2.08. The summed E-state index contributed by atoms with van der Waals surface area (Å²) in [5.74, 6) is -0.496. The van der Waals surface area contributed by atoms with Crippen LogP contribution in [-0.2, 0) is 22.1 Å². The van der Waals surface area contributed by atoms with Gasteiger partial charge < -0.3 is 9.84 Å². The number of rotatable bonds is 6. The summed E-state index contributed by atoms with van der Waals surface area (Å²) in [6, 6.07) is 8.22. The number of aryl methyl sites for hydroxylation is 1. The molecule has 0 atom stereocenters. The van der Waals surface area contributed by atoms with Gasteiger partial charge in [0.2, 0.25) is 0 Å². The molecule has 1 heterocycles. The molecule has 1 N–H and O–H groups in total. The molecule has 3 rings (SSSR count). The van der Waals surface area contributed by atoms with Gasteiger partial charge in [-0.15, -0.1) is 0 Å². The summed E-state index contributed by atoms with van der Waals surface area (Å²) < 4.78 is 45.1. The Bertz CT molecular complexity index is 1070. The molecule has 0 radical (unpaired) electrons. The van der Waals surface area contributed by atoms with E-state index in [9.17, 15) is 23.1 Å². The lowest BCUT2D eigenvalue weighted by Crippen LogP contribution is -2.07. The number of nitrogens with zero attached hydrogens (tertiary/aromatic N) is 2. The zero-order valence-electron chi connectivity index (χ0n) is 15.7. The molecule has 0 saturated carbocycles. The van der Waals surface area contributed by atoms with Crippen LogP contribution in [0.25, 0.3) is 16.6 Å². The topological polar surface area (TPSA) is 64.3 Å². The molecule has 5 nitrogen and oxygen atoms in total. The Morgan fingerprint density at radius 2 is 2.00 bits per heavy atom. The second-order valence-corrected chi connectivity index (χ2v) is 6.69. The van der Waals surface area contributed by atoms with Crippen LogP contribution in [0.5, 0.6) is 5.75 Å². The summed E-state index contributed by atoms with van der Waals surface area (Å²) in [4.78, 5) is 11.4. The molecule has 0 bridgehead atoms. The smallest absolute Gasteiger partial charge is 0.416 e. The summed E-state index contributed by atoms with van der Waals surface area (Å²) in [5, 5.41) is 14.8. The summed E-state index contributed by atoms with van der Waals surface area (Å²) in [6.45, 7) is 5.31. The van der Waals surface area contributed by atoms with E-state index in [1.165, 1.54) is 23.0 Å². The zero-order valence-corrected chi connectivity index (χ0v) is 15.7. The first-order valence-corrected chi connectivity index (χ1v) is 8.86. The number of hydrogen-bond acceptors (Lipinski definition) is 4. The number of carbonyl (C=O) groups excluding carboxylic acids is 1. The first kappa shape index (κ1) is 20.4. The van der Waals surface area contributed by atoms with Gasteiger partial charge in [-0.1, -0.05) is 12.6 Å². The predicted octanol–water partition coefficient (Wildman–Crippen LogP) is 4.80. The van der Waals surface area contributed by atoms with Crippen LogP contribution in [0.15, 0.2) is 54.7 Å². The molecule has 152 valence electrons. The van der Waals surface area contributed by atoms with Crippen molar-refractivity contribution >= 4 is 16.9 Å². The van der Waals surface area contributed by atoms with E-state index in [0.717, 1.165) is 17.7 Å². The Morgan fingerprint density at radius 1 is 1.24 bits per heavy atom. The Kier molecular flexibility index (Phi) is 5.63. The summed E-state index contributed by atoms with van der Waals surface area (Å²) >= 11 is 0. The summed E-state index contributed by atoms with van der Waals surface area (Å²) in [6.07, 6.45) is -1.85. The van der Waals surface area contributed by atoms with E-state index >= 15 is 0 Å². The Labute approximate surface area is 165 Å². The highest BCUT2D eigenvalue weighted by Gasteiger charge is 2.30. The highest BCUT2D eigenvalue weighted by atomic mass is 19.4. The van der Waals surface area contributed by atoms with Crippen molar-refractivity contribution < 1.29 is 27.8 Å². The van der Waals surface area contributed by atoms with E-state index in [0.29, 0.717) is 35.0 Å². The first-order valence-electron chi connectivity index (χ1n) is 8.86. The van der Waals surface area contributed by atoms with Gasteiger partial charge in [0.25, 0.3) is 0 Å². The number of carbonyl (C=O) groups is 1. The van der Waals surface area contributed by atoms with Crippen LogP contribution < -0.4 is 0 Å². The van der Waals surface area contributed by atoms with Crippen molar-refractivity contribution in [3.63, 3.8) is 0 Å².